The van der Waals surface area contributed by atoms with E-state index in [1.807, 2.05) is 31.2 Å². The minimum Gasteiger partial charge on any atom is -0.482 e. The van der Waals surface area contributed by atoms with Crippen molar-refractivity contribution >= 4 is 5.97 Å². The zero-order chi connectivity index (χ0) is 13.7. The van der Waals surface area contributed by atoms with E-state index in [4.69, 9.17) is 9.47 Å². The minimum absolute atomic E-state index is 0.0116. The van der Waals surface area contributed by atoms with E-state index >= 15 is 0 Å². The van der Waals surface area contributed by atoms with Crippen molar-refractivity contribution in [3.8, 4) is 5.75 Å². The summed E-state index contributed by atoms with van der Waals surface area (Å²) in [5, 5.41) is 0. The van der Waals surface area contributed by atoms with Gasteiger partial charge in [-0.05, 0) is 19.1 Å². The van der Waals surface area contributed by atoms with Crippen LogP contribution in [0.1, 0.15) is 18.4 Å². The van der Waals surface area contributed by atoms with Crippen molar-refractivity contribution in [3.63, 3.8) is 0 Å². The fraction of sp³-hybridized carbons (Fsp3) is 0.533. The molecule has 0 saturated carbocycles. The van der Waals surface area contributed by atoms with Crippen molar-refractivity contribution in [2.45, 2.75) is 25.9 Å². The van der Waals surface area contributed by atoms with Crippen molar-refractivity contribution < 1.29 is 19.2 Å². The van der Waals surface area contributed by atoms with Crippen molar-refractivity contribution in [1.82, 2.24) is 0 Å². The number of hydrogen-bond donors (Lipinski definition) is 1. The molecule has 0 amide bonds. The van der Waals surface area contributed by atoms with Crippen molar-refractivity contribution in [2.24, 2.45) is 0 Å². The molecule has 0 aliphatic carbocycles. The second-order valence-corrected chi connectivity index (χ2v) is 5.25. The largest absolute Gasteiger partial charge is 0.482 e. The molecule has 1 aliphatic heterocycles. The quantitative estimate of drug-likeness (QED) is 0.809. The third-order valence-electron chi connectivity index (χ3n) is 3.46. The summed E-state index contributed by atoms with van der Waals surface area (Å²) in [6.07, 6.45) is 1.96. The second-order valence-electron chi connectivity index (χ2n) is 5.25. The highest BCUT2D eigenvalue weighted by molar-refractivity contribution is 5.71. The Morgan fingerprint density at radius 1 is 1.26 bits per heavy atom. The van der Waals surface area contributed by atoms with Crippen LogP contribution in [0.5, 0.6) is 5.75 Å². The van der Waals surface area contributed by atoms with Gasteiger partial charge in [-0.3, -0.25) is 0 Å². The molecule has 1 fully saturated rings. The lowest BCUT2D eigenvalue weighted by Gasteiger charge is -2.26. The third kappa shape index (κ3) is 4.56. The molecule has 104 valence electrons. The fourth-order valence-corrected chi connectivity index (χ4v) is 2.20. The molecule has 19 heavy (non-hydrogen) atoms. The number of aryl methyl sites for hydroxylation is 1. The van der Waals surface area contributed by atoms with E-state index in [2.05, 4.69) is 7.05 Å². The van der Waals surface area contributed by atoms with Gasteiger partial charge in [-0.2, -0.15) is 0 Å². The molecule has 4 heteroatoms. The maximum Gasteiger partial charge on any atom is 0.344 e. The summed E-state index contributed by atoms with van der Waals surface area (Å²) >= 11 is 0. The van der Waals surface area contributed by atoms with Crippen LogP contribution in [0.15, 0.2) is 24.3 Å². The van der Waals surface area contributed by atoms with E-state index in [-0.39, 0.29) is 18.7 Å². The summed E-state index contributed by atoms with van der Waals surface area (Å²) in [5.74, 6) is 0.431. The predicted octanol–water partition coefficient (Wildman–Crippen LogP) is 0.594. The number of hydrogen-bond acceptors (Lipinski definition) is 3. The number of rotatable bonds is 4. The number of quaternary nitrogens is 1. The maximum absolute atomic E-state index is 11.7. The first-order valence-corrected chi connectivity index (χ1v) is 6.84. The van der Waals surface area contributed by atoms with E-state index in [9.17, 15) is 4.79 Å². The Hall–Kier alpha value is -1.55. The monoisotopic (exact) mass is 264 g/mol. The van der Waals surface area contributed by atoms with E-state index in [1.54, 1.807) is 0 Å². The molecule has 0 aromatic heterocycles. The van der Waals surface area contributed by atoms with Crippen LogP contribution in [0.2, 0.25) is 0 Å². The molecule has 0 radical (unpaired) electrons. The molecule has 0 bridgehead atoms. The topological polar surface area (TPSA) is 40.0 Å². The number of esters is 1. The number of likely N-dealkylation sites (tertiary alicyclic amines) is 1. The third-order valence-corrected chi connectivity index (χ3v) is 3.46. The van der Waals surface area contributed by atoms with Gasteiger partial charge < -0.3 is 14.4 Å². The number of piperidine rings is 1. The summed E-state index contributed by atoms with van der Waals surface area (Å²) in [7, 11) is 2.17. The van der Waals surface area contributed by atoms with E-state index in [1.165, 1.54) is 10.5 Å². The Morgan fingerprint density at radius 2 is 1.89 bits per heavy atom. The average molecular weight is 264 g/mol. The number of carbonyl (C=O) groups is 1. The summed E-state index contributed by atoms with van der Waals surface area (Å²) in [5.41, 5.74) is 1.17. The molecule has 1 N–H and O–H groups in total. The fourth-order valence-electron chi connectivity index (χ4n) is 2.20. The van der Waals surface area contributed by atoms with Crippen LogP contribution in [0, 0.1) is 6.92 Å². The first-order chi connectivity index (χ1) is 9.13. The first kappa shape index (κ1) is 13.9. The highest BCUT2D eigenvalue weighted by Crippen LogP contribution is 2.12. The molecule has 0 unspecified atom stereocenters. The van der Waals surface area contributed by atoms with E-state index < -0.39 is 0 Å². The smallest absolute Gasteiger partial charge is 0.344 e. The predicted molar refractivity (Wildman–Crippen MR) is 72.4 cm³/mol. The van der Waals surface area contributed by atoms with Crippen LogP contribution in [0.4, 0.5) is 0 Å². The molecule has 1 aliphatic rings. The Labute approximate surface area is 114 Å². The van der Waals surface area contributed by atoms with Gasteiger partial charge in [-0.1, -0.05) is 17.7 Å². The first-order valence-electron chi connectivity index (χ1n) is 6.84. The second kappa shape index (κ2) is 6.57. The summed E-state index contributed by atoms with van der Waals surface area (Å²) in [6.45, 7) is 4.13. The molecule has 0 spiro atoms. The van der Waals surface area contributed by atoms with Gasteiger partial charge in [0, 0.05) is 12.8 Å². The molecule has 1 saturated heterocycles. The molecule has 2 rings (SSSR count). The molecule has 4 nitrogen and oxygen atoms in total. The van der Waals surface area contributed by atoms with Crippen LogP contribution in [0.25, 0.3) is 0 Å². The molecule has 1 aromatic carbocycles. The highest BCUT2D eigenvalue weighted by atomic mass is 16.6. The van der Waals surface area contributed by atoms with Crippen LogP contribution < -0.4 is 9.64 Å². The van der Waals surface area contributed by atoms with Crippen LogP contribution >= 0.6 is 0 Å². The van der Waals surface area contributed by atoms with E-state index in [0.717, 1.165) is 25.9 Å². The number of ether oxygens (including phenoxy) is 2. The molecular formula is C15H22NO3+. The Morgan fingerprint density at radius 3 is 2.53 bits per heavy atom. The van der Waals surface area contributed by atoms with Gasteiger partial charge in [0.25, 0.3) is 0 Å². The van der Waals surface area contributed by atoms with Gasteiger partial charge in [-0.25, -0.2) is 4.79 Å². The van der Waals surface area contributed by atoms with Crippen LogP contribution in [0.3, 0.4) is 0 Å². The zero-order valence-electron chi connectivity index (χ0n) is 11.6. The number of benzene rings is 1. The van der Waals surface area contributed by atoms with Gasteiger partial charge in [0.05, 0.1) is 20.1 Å². The lowest BCUT2D eigenvalue weighted by atomic mass is 10.1. The van der Waals surface area contributed by atoms with Gasteiger partial charge in [0.1, 0.15) is 11.9 Å². The molecule has 1 heterocycles. The maximum atomic E-state index is 11.7. The Balaban J connectivity index is 1.71. The summed E-state index contributed by atoms with van der Waals surface area (Å²) in [6, 6.07) is 7.64. The Kier molecular flexibility index (Phi) is 4.80. The molecular weight excluding hydrogens is 242 g/mol. The molecule has 1 aromatic rings. The summed E-state index contributed by atoms with van der Waals surface area (Å²) in [4.78, 5) is 13.2. The number of carbonyl (C=O) groups excluding carboxylic acids is 1. The number of nitrogens with one attached hydrogen (secondary N) is 1. The highest BCUT2D eigenvalue weighted by Gasteiger charge is 2.22. The zero-order valence-corrected chi connectivity index (χ0v) is 11.6. The van der Waals surface area contributed by atoms with Crippen LogP contribution in [-0.2, 0) is 9.53 Å². The van der Waals surface area contributed by atoms with Gasteiger partial charge >= 0.3 is 5.97 Å². The standard InChI is InChI=1S/C15H21NO3/c1-12-3-5-13(6-4-12)18-11-15(17)19-14-7-9-16(2)10-8-14/h3-6,14H,7-11H2,1-2H3/p+1. The van der Waals surface area contributed by atoms with Crippen molar-refractivity contribution in [2.75, 3.05) is 26.7 Å². The van der Waals surface area contributed by atoms with Gasteiger partial charge in [0.15, 0.2) is 6.61 Å². The van der Waals surface area contributed by atoms with Crippen molar-refractivity contribution in [3.05, 3.63) is 29.8 Å². The van der Waals surface area contributed by atoms with Crippen LogP contribution in [-0.4, -0.2) is 38.8 Å². The minimum atomic E-state index is -0.273. The van der Waals surface area contributed by atoms with Gasteiger partial charge in [-0.15, -0.1) is 0 Å². The lowest BCUT2D eigenvalue weighted by Crippen LogP contribution is -3.10. The average Bonchev–Trinajstić information content (AvgIpc) is 2.41. The Bertz CT molecular complexity index is 408. The lowest BCUT2D eigenvalue weighted by molar-refractivity contribution is -0.885. The molecule has 0 atom stereocenters. The van der Waals surface area contributed by atoms with E-state index in [0.29, 0.717) is 5.75 Å². The van der Waals surface area contributed by atoms with Gasteiger partial charge in [0.2, 0.25) is 0 Å². The summed E-state index contributed by atoms with van der Waals surface area (Å²) < 4.78 is 10.8. The van der Waals surface area contributed by atoms with Crippen molar-refractivity contribution in [1.29, 1.82) is 0 Å². The SMILES string of the molecule is Cc1ccc(OCC(=O)OC2CC[NH+](C)CC2)cc1. The normalized spacial score (nSPS) is 22.8.